The Morgan fingerprint density at radius 3 is 2.37 bits per heavy atom. The van der Waals surface area contributed by atoms with Gasteiger partial charge in [0.1, 0.15) is 10.6 Å². The second kappa shape index (κ2) is 10.8. The van der Waals surface area contributed by atoms with Gasteiger partial charge in [-0.15, -0.1) is 0 Å². The molecule has 43 heavy (non-hydrogen) atoms. The number of alkyl halides is 6. The summed E-state index contributed by atoms with van der Waals surface area (Å²) in [5.74, 6) is -5.12. The number of carboxylic acid groups (broad SMARTS) is 1. The second-order valence-electron chi connectivity index (χ2n) is 11.0. The van der Waals surface area contributed by atoms with Crippen molar-refractivity contribution in [3.63, 3.8) is 0 Å². The van der Waals surface area contributed by atoms with Crippen LogP contribution in [-0.4, -0.2) is 79.3 Å². The average molecular weight is 620 g/mol. The minimum atomic E-state index is -4.99. The highest BCUT2D eigenvalue weighted by Crippen LogP contribution is 2.49. The van der Waals surface area contributed by atoms with Crippen LogP contribution in [0.15, 0.2) is 66.9 Å². The molecular weight excluding hydrogens is 593 g/mol. The van der Waals surface area contributed by atoms with Crippen LogP contribution >= 0.6 is 11.6 Å². The summed E-state index contributed by atoms with van der Waals surface area (Å²) in [4.78, 5) is 19.2. The number of benzene rings is 1. The Morgan fingerprint density at radius 1 is 1.05 bits per heavy atom. The molecule has 226 valence electrons. The summed E-state index contributed by atoms with van der Waals surface area (Å²) in [6, 6.07) is 14.0. The van der Waals surface area contributed by atoms with E-state index in [0.29, 0.717) is 54.9 Å². The number of carboxylic acids is 1. The van der Waals surface area contributed by atoms with Crippen molar-refractivity contribution in [2.24, 2.45) is 5.92 Å². The van der Waals surface area contributed by atoms with E-state index in [1.165, 1.54) is 12.1 Å². The number of piperazine rings is 1. The van der Waals surface area contributed by atoms with E-state index < -0.39 is 40.2 Å². The highest BCUT2D eigenvalue weighted by molar-refractivity contribution is 6.26. The van der Waals surface area contributed by atoms with E-state index in [9.17, 15) is 31.9 Å². The van der Waals surface area contributed by atoms with Crippen LogP contribution in [-0.2, 0) is 6.18 Å². The van der Waals surface area contributed by atoms with Gasteiger partial charge in [-0.3, -0.25) is 4.90 Å². The highest BCUT2D eigenvalue weighted by Gasteiger charge is 2.57. The van der Waals surface area contributed by atoms with E-state index >= 15 is 0 Å². The fraction of sp³-hybridized carbons (Fsp3) is 0.367. The van der Waals surface area contributed by atoms with Crippen molar-refractivity contribution in [3.05, 3.63) is 89.4 Å². The number of allylic oxidation sites excluding steroid dienone is 2. The van der Waals surface area contributed by atoms with E-state index in [1.54, 1.807) is 6.07 Å². The van der Waals surface area contributed by atoms with Crippen LogP contribution in [0, 0.1) is 5.92 Å². The Morgan fingerprint density at radius 2 is 1.74 bits per heavy atom. The smallest absolute Gasteiger partial charge is 0.434 e. The zero-order valence-electron chi connectivity index (χ0n) is 22.7. The number of hydrogen-bond donors (Lipinski definition) is 1. The SMILES string of the molecule is O=C(O)c1cnn(-c2cccc(C3=C(c4ccccc4)C=CC(Cl)(N4CCN(CC5CC5(F)F)CC4)C3)n2)c1C(F)(F)F. The molecule has 1 saturated heterocycles. The van der Waals surface area contributed by atoms with Crippen LogP contribution in [0.5, 0.6) is 0 Å². The van der Waals surface area contributed by atoms with Gasteiger partial charge in [0.05, 0.1) is 11.9 Å². The summed E-state index contributed by atoms with van der Waals surface area (Å²) in [6.07, 6.45) is -0.373. The maximum absolute atomic E-state index is 13.9. The van der Waals surface area contributed by atoms with Crippen molar-refractivity contribution in [3.8, 4) is 5.82 Å². The summed E-state index contributed by atoms with van der Waals surface area (Å²) >= 11 is 7.25. The first-order valence-corrected chi connectivity index (χ1v) is 14.1. The number of halogens is 6. The minimum absolute atomic E-state index is 0.0709. The fourth-order valence-corrected chi connectivity index (χ4v) is 6.16. The van der Waals surface area contributed by atoms with Crippen LogP contribution in [0.2, 0.25) is 0 Å². The molecule has 3 aliphatic rings. The van der Waals surface area contributed by atoms with Gasteiger partial charge < -0.3 is 10.0 Å². The van der Waals surface area contributed by atoms with Gasteiger partial charge in [0, 0.05) is 51.5 Å². The lowest BCUT2D eigenvalue weighted by atomic mass is 9.86. The summed E-state index contributed by atoms with van der Waals surface area (Å²) in [5.41, 5.74) is 0.287. The molecular formula is C30H27ClF5N5O2. The molecule has 2 unspecified atom stereocenters. The Hall–Kier alpha value is -3.61. The third kappa shape index (κ3) is 5.83. The molecule has 0 amide bonds. The number of hydrogen-bond acceptors (Lipinski definition) is 5. The van der Waals surface area contributed by atoms with Gasteiger partial charge in [0.25, 0.3) is 5.92 Å². The number of nitrogens with zero attached hydrogens (tertiary/aromatic N) is 5. The summed E-state index contributed by atoms with van der Waals surface area (Å²) in [5, 5.41) is 13.0. The lowest BCUT2D eigenvalue weighted by molar-refractivity contribution is -0.143. The molecule has 0 bridgehead atoms. The molecule has 13 heteroatoms. The number of carbonyl (C=O) groups is 1. The zero-order valence-corrected chi connectivity index (χ0v) is 23.5. The molecule has 1 N–H and O–H groups in total. The molecule has 1 aromatic carbocycles. The average Bonchev–Trinajstić information content (AvgIpc) is 3.35. The van der Waals surface area contributed by atoms with Gasteiger partial charge in [0.2, 0.25) is 0 Å². The Bertz CT molecular complexity index is 1600. The van der Waals surface area contributed by atoms with Crippen LogP contribution in [0.3, 0.4) is 0 Å². The van der Waals surface area contributed by atoms with E-state index in [2.05, 4.69) is 15.0 Å². The van der Waals surface area contributed by atoms with Crippen molar-refractivity contribution in [2.45, 2.75) is 29.9 Å². The number of aromatic carboxylic acids is 1. The maximum Gasteiger partial charge on any atom is 0.434 e. The van der Waals surface area contributed by atoms with E-state index in [-0.39, 0.29) is 18.7 Å². The Balaban J connectivity index is 1.33. The van der Waals surface area contributed by atoms with Gasteiger partial charge in [-0.2, -0.15) is 18.3 Å². The molecule has 0 radical (unpaired) electrons. The lowest BCUT2D eigenvalue weighted by Crippen LogP contribution is -2.54. The van der Waals surface area contributed by atoms with E-state index in [1.807, 2.05) is 47.4 Å². The van der Waals surface area contributed by atoms with Gasteiger partial charge in [-0.05, 0) is 34.9 Å². The van der Waals surface area contributed by atoms with Gasteiger partial charge in [0.15, 0.2) is 11.5 Å². The molecule has 2 aromatic heterocycles. The largest absolute Gasteiger partial charge is 0.478 e. The van der Waals surface area contributed by atoms with E-state index in [4.69, 9.17) is 11.6 Å². The summed E-state index contributed by atoms with van der Waals surface area (Å²) in [7, 11) is 0. The molecule has 3 aromatic rings. The van der Waals surface area contributed by atoms with Gasteiger partial charge >= 0.3 is 12.1 Å². The fourth-order valence-electron chi connectivity index (χ4n) is 5.79. The molecule has 6 rings (SSSR count). The standard InChI is InChI=1S/C30H27ClF5N5O2/c31-28(40-13-11-39(12-14-40)18-20-15-29(20,32)33)10-9-21(19-5-2-1-3-6-19)22(16-28)24-7-4-8-25(38-24)41-26(30(34,35)36)23(17-37-41)27(42)43/h1-10,17,20H,11-16,18H2,(H,42,43). The quantitative estimate of drug-likeness (QED) is 0.197. The van der Waals surface area contributed by atoms with Crippen LogP contribution in [0.4, 0.5) is 22.0 Å². The predicted octanol–water partition coefficient (Wildman–Crippen LogP) is 6.06. The molecule has 3 heterocycles. The van der Waals surface area contributed by atoms with Crippen LogP contribution in [0.1, 0.15) is 40.2 Å². The third-order valence-corrected chi connectivity index (χ3v) is 8.70. The summed E-state index contributed by atoms with van der Waals surface area (Å²) < 4.78 is 69.2. The van der Waals surface area contributed by atoms with Crippen molar-refractivity contribution < 1.29 is 31.9 Å². The topological polar surface area (TPSA) is 74.5 Å². The molecule has 7 nitrogen and oxygen atoms in total. The summed E-state index contributed by atoms with van der Waals surface area (Å²) in [6.45, 7) is 2.61. The monoisotopic (exact) mass is 619 g/mol. The zero-order chi connectivity index (χ0) is 30.6. The first-order chi connectivity index (χ1) is 20.4. The van der Waals surface area contributed by atoms with Crippen molar-refractivity contribution in [1.82, 2.24) is 24.6 Å². The normalized spacial score (nSPS) is 24.4. The molecule has 2 atom stereocenters. The minimum Gasteiger partial charge on any atom is -0.478 e. The van der Waals surface area contributed by atoms with Gasteiger partial charge in [-0.25, -0.2) is 23.2 Å². The number of pyridine rings is 1. The third-order valence-electron chi connectivity index (χ3n) is 8.20. The van der Waals surface area contributed by atoms with Crippen LogP contribution in [0.25, 0.3) is 17.0 Å². The molecule has 1 aliphatic heterocycles. The lowest BCUT2D eigenvalue weighted by Gasteiger charge is -2.44. The first-order valence-electron chi connectivity index (χ1n) is 13.7. The molecule has 2 aliphatic carbocycles. The van der Waals surface area contributed by atoms with Crippen molar-refractivity contribution >= 4 is 28.7 Å². The number of rotatable bonds is 7. The van der Waals surface area contributed by atoms with E-state index in [0.717, 1.165) is 11.1 Å². The van der Waals surface area contributed by atoms with Crippen molar-refractivity contribution in [1.29, 1.82) is 0 Å². The second-order valence-corrected chi connectivity index (χ2v) is 11.7. The Kier molecular flexibility index (Phi) is 7.42. The van der Waals surface area contributed by atoms with Crippen LogP contribution < -0.4 is 0 Å². The molecule has 1 saturated carbocycles. The molecule has 2 fully saturated rings. The maximum atomic E-state index is 13.9. The molecule has 0 spiro atoms. The predicted molar refractivity (Wildman–Crippen MR) is 150 cm³/mol. The Labute approximate surface area is 248 Å². The van der Waals surface area contributed by atoms with Crippen molar-refractivity contribution in [2.75, 3.05) is 32.7 Å². The van der Waals surface area contributed by atoms with Gasteiger partial charge in [-0.1, -0.05) is 54.1 Å². The number of aromatic nitrogens is 3. The first kappa shape index (κ1) is 29.5. The highest BCUT2D eigenvalue weighted by atomic mass is 35.5.